The molecule has 0 spiro atoms. The SMILES string of the molecule is [2H]c1c([2H])c([2H])c(CCc2ccc3c(c2)N(Cc2c(-c4ccccc4)cc(C(C)(C)C)cc2-c2ccccc2)c2cc(CCn4c5ccc(N(c6ccccc6)c6c([2H])c([2H])c([2H])c([2H])c6[2H])cc5c5c([2H])c([2H])c([2H])c([2H])c54)cc4c2B3c2ccc(Cc3cc(C(C)(C)C)cc(C(C)(C)C)c3)cc2N4Cc2c(-c3ccccc3)cc(C(C)(C)C)cc2-c2ccccc2)c([2H])c1[2H]. The van der Waals surface area contributed by atoms with Gasteiger partial charge in [0.2, 0.25) is 0 Å². The van der Waals surface area contributed by atoms with E-state index in [9.17, 15) is 11.0 Å². The molecule has 18 rings (SSSR count). The first-order valence-electron chi connectivity index (χ1n) is 48.5. The minimum absolute atomic E-state index is 0.0884. The van der Waals surface area contributed by atoms with Gasteiger partial charge < -0.3 is 19.3 Å². The highest BCUT2D eigenvalue weighted by molar-refractivity contribution is 7.00. The molecule has 3 heterocycles. The van der Waals surface area contributed by atoms with E-state index in [0.29, 0.717) is 54.6 Å². The standard InChI is InChI=1S/C113H107BN4/c1-110(2,3)86-63-81(64-87(69-86)111(4,5)6)62-79-55-58-102-106(66-79)117(76-100-96(84-42-26-16-27-43-84)72-89(113(10,11)12)73-97(100)85-44-28-17-29-45-85)108-68-80(60-61-115-103-51-35-34-50-93(103)98-74-92(56-59-104(98)115)118(90-46-30-18-31-47-90)91-48-32-19-33-49-91)67-107-109(108)114(102)101-57-54-78(53-52-77-36-20-13-21-37-77)65-105(101)116(107)75-99-94(82-38-22-14-23-39-82)70-88(112(7,8)9)71-95(99)83-40-24-15-25-41-83/h13-51,54-59,63-74H,52-53,60-62,75-76H2,1-12H3/i13D,18D,20D,21D,30D,31D,34D,35D,36D,37D,46D,47D,50D,51D. The Balaban J connectivity index is 0.940. The number of aromatic nitrogens is 1. The summed E-state index contributed by atoms with van der Waals surface area (Å²) in [6.45, 7) is 27.8. The van der Waals surface area contributed by atoms with Crippen molar-refractivity contribution < 1.29 is 19.2 Å². The van der Waals surface area contributed by atoms with Crippen molar-refractivity contribution in [3.05, 3.63) is 407 Å². The van der Waals surface area contributed by atoms with Gasteiger partial charge >= 0.3 is 0 Å². The molecule has 4 nitrogen and oxygen atoms in total. The Morgan fingerprint density at radius 1 is 0.305 bits per heavy atom. The molecule has 2 aliphatic heterocycles. The Morgan fingerprint density at radius 3 is 1.20 bits per heavy atom. The number of fused-ring (bicyclic) bond motifs is 7. The highest BCUT2D eigenvalue weighted by Gasteiger charge is 2.44. The fraction of sp³-hybridized carbons (Fsp3) is 0.204. The molecule has 0 unspecified atom stereocenters. The zero-order chi connectivity index (χ0) is 93.4. The van der Waals surface area contributed by atoms with Crippen molar-refractivity contribution in [2.24, 2.45) is 0 Å². The molecule has 5 heteroatoms. The number of rotatable bonds is 19. The van der Waals surface area contributed by atoms with Crippen molar-refractivity contribution in [2.75, 3.05) is 14.7 Å². The van der Waals surface area contributed by atoms with Crippen LogP contribution in [0.3, 0.4) is 0 Å². The third kappa shape index (κ3) is 15.2. The van der Waals surface area contributed by atoms with Gasteiger partial charge in [-0.05, 0) is 242 Å². The largest absolute Gasteiger partial charge is 0.340 e. The second kappa shape index (κ2) is 31.2. The van der Waals surface area contributed by atoms with Gasteiger partial charge in [0.15, 0.2) is 0 Å². The van der Waals surface area contributed by atoms with Crippen LogP contribution in [-0.2, 0) is 67.0 Å². The topological polar surface area (TPSA) is 14.7 Å². The van der Waals surface area contributed by atoms with Gasteiger partial charge in [0.25, 0.3) is 6.71 Å². The molecule has 15 aromatic carbocycles. The maximum atomic E-state index is 10.1. The van der Waals surface area contributed by atoms with Crippen molar-refractivity contribution in [3.63, 3.8) is 0 Å². The molecule has 0 saturated heterocycles. The van der Waals surface area contributed by atoms with Crippen LogP contribution in [0.2, 0.25) is 0 Å². The number of hydrogen-bond donors (Lipinski definition) is 0. The van der Waals surface area contributed by atoms with Crippen LogP contribution in [-0.4, -0.2) is 11.3 Å². The Kier molecular flexibility index (Phi) is 16.4. The Hall–Kier alpha value is -12.4. The zero-order valence-electron chi connectivity index (χ0n) is 83.6. The van der Waals surface area contributed by atoms with Crippen molar-refractivity contribution in [3.8, 4) is 44.5 Å². The molecule has 2 aliphatic rings. The number of aryl methyl sites for hydroxylation is 3. The summed E-state index contributed by atoms with van der Waals surface area (Å²) >= 11 is 0. The summed E-state index contributed by atoms with van der Waals surface area (Å²) in [7, 11) is 0. The molecular weight excluding hydrogens is 1420 g/mol. The summed E-state index contributed by atoms with van der Waals surface area (Å²) in [5, 5.41) is 0.733. The van der Waals surface area contributed by atoms with Crippen LogP contribution in [0.4, 0.5) is 39.8 Å². The predicted octanol–water partition coefficient (Wildman–Crippen LogP) is 27.6. The molecule has 0 atom stereocenters. The molecule has 0 fully saturated rings. The monoisotopic (exact) mass is 1540 g/mol. The average molecular weight is 1550 g/mol. The van der Waals surface area contributed by atoms with E-state index in [2.05, 4.69) is 305 Å². The number of benzene rings is 15. The van der Waals surface area contributed by atoms with Crippen molar-refractivity contribution in [1.29, 1.82) is 0 Å². The first-order valence-corrected chi connectivity index (χ1v) is 41.5. The van der Waals surface area contributed by atoms with Gasteiger partial charge in [-0.1, -0.05) is 356 Å². The van der Waals surface area contributed by atoms with Gasteiger partial charge in [0.05, 0.1) is 19.2 Å². The average Bonchev–Trinajstić information content (AvgIpc) is 0.828. The lowest BCUT2D eigenvalue weighted by Crippen LogP contribution is -2.62. The van der Waals surface area contributed by atoms with Crippen molar-refractivity contribution >= 4 is 84.7 Å². The molecule has 0 radical (unpaired) electrons. The molecule has 0 aliphatic carbocycles. The van der Waals surface area contributed by atoms with Gasteiger partial charge in [-0.15, -0.1) is 0 Å². The van der Waals surface area contributed by atoms with E-state index in [0.717, 1.165) is 117 Å². The Labute approximate surface area is 720 Å². The lowest BCUT2D eigenvalue weighted by Gasteiger charge is -2.45. The summed E-state index contributed by atoms with van der Waals surface area (Å²) in [4.78, 5) is 6.75. The van der Waals surface area contributed by atoms with Gasteiger partial charge in [-0.3, -0.25) is 0 Å². The first-order chi connectivity index (χ1) is 62.8. The Bertz CT molecular complexity index is 7060. The summed E-state index contributed by atoms with van der Waals surface area (Å²) in [6, 6.07) is 87.6. The van der Waals surface area contributed by atoms with Crippen LogP contribution in [0, 0.1) is 0 Å². The quantitative estimate of drug-likeness (QED) is 0.0750. The van der Waals surface area contributed by atoms with Gasteiger partial charge in [-0.25, -0.2) is 0 Å². The molecule has 0 bridgehead atoms. The van der Waals surface area contributed by atoms with E-state index in [-0.39, 0.29) is 93.0 Å². The van der Waals surface area contributed by atoms with E-state index < -0.39 is 55.1 Å². The van der Waals surface area contributed by atoms with Crippen LogP contribution in [0.25, 0.3) is 66.3 Å². The van der Waals surface area contributed by atoms with Crippen LogP contribution >= 0.6 is 0 Å². The second-order valence-corrected chi connectivity index (χ2v) is 36.2. The molecule has 1 aromatic heterocycles. The number of anilines is 7. The van der Waals surface area contributed by atoms with Crippen LogP contribution in [0.1, 0.15) is 163 Å². The van der Waals surface area contributed by atoms with Crippen LogP contribution in [0.15, 0.2) is 345 Å². The predicted molar refractivity (Wildman–Crippen MR) is 506 cm³/mol. The lowest BCUT2D eigenvalue weighted by molar-refractivity contribution is 0.567. The first kappa shape index (κ1) is 61.9. The highest BCUT2D eigenvalue weighted by Crippen LogP contribution is 2.49. The molecular formula is C113H107BN4. The lowest BCUT2D eigenvalue weighted by atomic mass is 9.33. The maximum absolute atomic E-state index is 10.1. The summed E-state index contributed by atoms with van der Waals surface area (Å²) in [5.41, 5.74) is 27.9. The number of para-hydroxylation sites is 3. The second-order valence-electron chi connectivity index (χ2n) is 36.2. The molecule has 0 saturated carbocycles. The molecule has 582 valence electrons. The fourth-order valence-electron chi connectivity index (χ4n) is 17.7. The van der Waals surface area contributed by atoms with Gasteiger partial charge in [0.1, 0.15) is 0 Å². The normalized spacial score (nSPS) is 14.4. The van der Waals surface area contributed by atoms with Crippen molar-refractivity contribution in [2.45, 2.75) is 150 Å². The molecule has 0 amide bonds. The van der Waals surface area contributed by atoms with Crippen LogP contribution in [0.5, 0.6) is 0 Å². The highest BCUT2D eigenvalue weighted by atomic mass is 15.2. The minimum atomic E-state index is -0.537. The van der Waals surface area contributed by atoms with E-state index in [1.807, 2.05) is 41.0 Å². The van der Waals surface area contributed by atoms with E-state index in [1.54, 1.807) is 17.0 Å². The third-order valence-corrected chi connectivity index (χ3v) is 24.1. The zero-order valence-corrected chi connectivity index (χ0v) is 69.6. The maximum Gasteiger partial charge on any atom is 0.252 e. The number of hydrogen-bond acceptors (Lipinski definition) is 3. The molecule has 16 aromatic rings. The number of nitrogens with zero attached hydrogens (tertiary/aromatic N) is 4. The van der Waals surface area contributed by atoms with E-state index in [1.165, 1.54) is 22.3 Å². The third-order valence-electron chi connectivity index (χ3n) is 24.1. The molecule has 118 heavy (non-hydrogen) atoms. The summed E-state index contributed by atoms with van der Waals surface area (Å²) in [6.07, 6.45) is 1.44. The Morgan fingerprint density at radius 2 is 0.720 bits per heavy atom. The van der Waals surface area contributed by atoms with E-state index in [4.69, 9.17) is 8.22 Å². The smallest absolute Gasteiger partial charge is 0.252 e. The molecule has 0 N–H and O–H groups in total. The van der Waals surface area contributed by atoms with E-state index >= 15 is 0 Å². The summed E-state index contributed by atoms with van der Waals surface area (Å²) in [5.74, 6) is 0. The fourth-order valence-corrected chi connectivity index (χ4v) is 17.7. The minimum Gasteiger partial charge on any atom is -0.340 e. The summed E-state index contributed by atoms with van der Waals surface area (Å²) < 4.78 is 131. The van der Waals surface area contributed by atoms with Gasteiger partial charge in [0, 0.05) is 81.3 Å². The van der Waals surface area contributed by atoms with Crippen molar-refractivity contribution in [1.82, 2.24) is 4.57 Å². The van der Waals surface area contributed by atoms with Gasteiger partial charge in [-0.2, -0.15) is 0 Å². The van der Waals surface area contributed by atoms with Crippen LogP contribution < -0.4 is 31.1 Å².